The lowest BCUT2D eigenvalue weighted by Gasteiger charge is -2.18. The van der Waals surface area contributed by atoms with Crippen LogP contribution in [0.25, 0.3) is 0 Å². The molecule has 29 heavy (non-hydrogen) atoms. The van der Waals surface area contributed by atoms with Crippen LogP contribution in [0.1, 0.15) is 37.4 Å². The number of ketones is 2. The van der Waals surface area contributed by atoms with E-state index in [-0.39, 0.29) is 23.7 Å². The standard InChI is InChI=1S/C23H14N2O4/c24-12-14-5-8-16(9-6-14)29-13-21(26)25-15-7-10-19-20(11-15)23(28)18-4-2-1-3-17(18)22(19)27/h1-11H,13H2,(H,25,26). The average molecular weight is 382 g/mol. The number of nitrogens with one attached hydrogen (secondary N) is 1. The van der Waals surface area contributed by atoms with Gasteiger partial charge in [0.05, 0.1) is 11.6 Å². The van der Waals surface area contributed by atoms with Gasteiger partial charge < -0.3 is 10.1 Å². The molecule has 0 bridgehead atoms. The molecule has 0 saturated heterocycles. The smallest absolute Gasteiger partial charge is 0.262 e. The molecule has 6 nitrogen and oxygen atoms in total. The predicted octanol–water partition coefficient (Wildman–Crippen LogP) is 3.35. The van der Waals surface area contributed by atoms with Gasteiger partial charge in [-0.05, 0) is 42.5 Å². The quantitative estimate of drug-likeness (QED) is 0.584. The Balaban J connectivity index is 1.47. The second-order valence-corrected chi connectivity index (χ2v) is 6.44. The van der Waals surface area contributed by atoms with Gasteiger partial charge in [-0.25, -0.2) is 0 Å². The number of rotatable bonds is 4. The summed E-state index contributed by atoms with van der Waals surface area (Å²) in [6.07, 6.45) is 0. The molecule has 0 fully saturated rings. The van der Waals surface area contributed by atoms with E-state index in [1.54, 1.807) is 60.7 Å². The highest BCUT2D eigenvalue weighted by atomic mass is 16.5. The third-order valence-electron chi connectivity index (χ3n) is 4.56. The van der Waals surface area contributed by atoms with Crippen molar-refractivity contribution in [3.05, 3.63) is 94.5 Å². The topological polar surface area (TPSA) is 96.3 Å². The van der Waals surface area contributed by atoms with Crippen molar-refractivity contribution in [3.63, 3.8) is 0 Å². The summed E-state index contributed by atoms with van der Waals surface area (Å²) in [5.74, 6) is -0.413. The normalized spacial score (nSPS) is 11.8. The maximum Gasteiger partial charge on any atom is 0.262 e. The van der Waals surface area contributed by atoms with Gasteiger partial charge in [-0.15, -0.1) is 0 Å². The molecule has 1 aliphatic rings. The lowest BCUT2D eigenvalue weighted by Crippen LogP contribution is -2.23. The number of anilines is 1. The summed E-state index contributed by atoms with van der Waals surface area (Å²) < 4.78 is 5.39. The number of hydrogen-bond acceptors (Lipinski definition) is 5. The molecule has 0 saturated carbocycles. The van der Waals surface area contributed by atoms with Gasteiger partial charge in [0.25, 0.3) is 5.91 Å². The van der Waals surface area contributed by atoms with Crippen LogP contribution >= 0.6 is 0 Å². The second-order valence-electron chi connectivity index (χ2n) is 6.44. The summed E-state index contributed by atoms with van der Waals surface area (Å²) in [5.41, 5.74) is 2.23. The lowest BCUT2D eigenvalue weighted by molar-refractivity contribution is -0.118. The Hall–Kier alpha value is -4.24. The summed E-state index contributed by atoms with van der Waals surface area (Å²) in [7, 11) is 0. The van der Waals surface area contributed by atoms with E-state index in [9.17, 15) is 14.4 Å². The molecule has 4 rings (SSSR count). The Morgan fingerprint density at radius 3 is 2.14 bits per heavy atom. The zero-order chi connectivity index (χ0) is 20.4. The van der Waals surface area contributed by atoms with Gasteiger partial charge in [0, 0.05) is 27.9 Å². The van der Waals surface area contributed by atoms with Crippen molar-refractivity contribution in [3.8, 4) is 11.8 Å². The van der Waals surface area contributed by atoms with Crippen LogP contribution in [0.3, 0.4) is 0 Å². The molecule has 0 unspecified atom stereocenters. The number of carbonyl (C=O) groups excluding carboxylic acids is 3. The van der Waals surface area contributed by atoms with Crippen LogP contribution in [-0.4, -0.2) is 24.1 Å². The molecule has 6 heteroatoms. The fourth-order valence-corrected chi connectivity index (χ4v) is 3.15. The van der Waals surface area contributed by atoms with Gasteiger partial charge in [0.1, 0.15) is 5.75 Å². The molecular formula is C23H14N2O4. The molecule has 0 aromatic heterocycles. The largest absolute Gasteiger partial charge is 0.484 e. The molecule has 1 N–H and O–H groups in total. The molecule has 1 aliphatic carbocycles. The summed E-state index contributed by atoms with van der Waals surface area (Å²) in [5, 5.41) is 11.4. The van der Waals surface area contributed by atoms with Gasteiger partial charge >= 0.3 is 0 Å². The molecule has 0 heterocycles. The summed E-state index contributed by atoms with van der Waals surface area (Å²) in [6, 6.07) is 19.7. The van der Waals surface area contributed by atoms with Crippen LogP contribution in [-0.2, 0) is 4.79 Å². The van der Waals surface area contributed by atoms with Crippen molar-refractivity contribution in [1.29, 1.82) is 5.26 Å². The number of hydrogen-bond donors (Lipinski definition) is 1. The molecule has 0 spiro atoms. The van der Waals surface area contributed by atoms with Gasteiger partial charge in [0.15, 0.2) is 18.2 Å². The zero-order valence-electron chi connectivity index (χ0n) is 15.1. The minimum Gasteiger partial charge on any atom is -0.484 e. The van der Waals surface area contributed by atoms with Crippen molar-refractivity contribution < 1.29 is 19.1 Å². The van der Waals surface area contributed by atoms with Gasteiger partial charge in [-0.3, -0.25) is 14.4 Å². The van der Waals surface area contributed by atoms with E-state index in [0.717, 1.165) is 0 Å². The number of ether oxygens (including phenoxy) is 1. The maximum atomic E-state index is 12.7. The monoisotopic (exact) mass is 382 g/mol. The molecule has 0 radical (unpaired) electrons. The number of nitriles is 1. The van der Waals surface area contributed by atoms with E-state index >= 15 is 0 Å². The first kappa shape index (κ1) is 18.1. The highest BCUT2D eigenvalue weighted by molar-refractivity contribution is 6.28. The number of fused-ring (bicyclic) bond motifs is 2. The van der Waals surface area contributed by atoms with Crippen LogP contribution in [0, 0.1) is 11.3 Å². The van der Waals surface area contributed by atoms with E-state index in [2.05, 4.69) is 5.32 Å². The zero-order valence-corrected chi connectivity index (χ0v) is 15.1. The van der Waals surface area contributed by atoms with E-state index in [1.807, 2.05) is 6.07 Å². The summed E-state index contributed by atoms with van der Waals surface area (Å²) >= 11 is 0. The van der Waals surface area contributed by atoms with Gasteiger partial charge in [0.2, 0.25) is 0 Å². The molecule has 3 aromatic rings. The van der Waals surface area contributed by atoms with E-state index in [1.165, 1.54) is 6.07 Å². The number of carbonyl (C=O) groups is 3. The highest BCUT2D eigenvalue weighted by Crippen LogP contribution is 2.29. The SMILES string of the molecule is N#Cc1ccc(OCC(=O)Nc2ccc3c(c2)C(=O)c2ccccc2C3=O)cc1. The highest BCUT2D eigenvalue weighted by Gasteiger charge is 2.29. The molecule has 0 atom stereocenters. The van der Waals surface area contributed by atoms with Crippen LogP contribution in [0.5, 0.6) is 5.75 Å². The third-order valence-corrected chi connectivity index (χ3v) is 4.56. The van der Waals surface area contributed by atoms with Gasteiger partial charge in [-0.2, -0.15) is 5.26 Å². The maximum absolute atomic E-state index is 12.7. The Morgan fingerprint density at radius 2 is 1.48 bits per heavy atom. The van der Waals surface area contributed by atoms with Crippen molar-refractivity contribution in [2.24, 2.45) is 0 Å². The first-order valence-corrected chi connectivity index (χ1v) is 8.82. The number of amides is 1. The fraction of sp³-hybridized carbons (Fsp3) is 0.0435. The van der Waals surface area contributed by atoms with E-state index in [0.29, 0.717) is 33.7 Å². The molecule has 0 aliphatic heterocycles. The van der Waals surface area contributed by atoms with Crippen LogP contribution in [0.15, 0.2) is 66.7 Å². The Bertz CT molecular complexity index is 1190. The molecular weight excluding hydrogens is 368 g/mol. The van der Waals surface area contributed by atoms with Crippen LogP contribution in [0.2, 0.25) is 0 Å². The molecule has 3 aromatic carbocycles. The average Bonchev–Trinajstić information content (AvgIpc) is 2.76. The van der Waals surface area contributed by atoms with Crippen molar-refractivity contribution in [2.75, 3.05) is 11.9 Å². The minimum absolute atomic E-state index is 0.211. The third kappa shape index (κ3) is 3.49. The summed E-state index contributed by atoms with van der Waals surface area (Å²) in [6.45, 7) is -0.237. The molecule has 140 valence electrons. The first-order chi connectivity index (χ1) is 14.1. The van der Waals surface area contributed by atoms with E-state index < -0.39 is 5.91 Å². The minimum atomic E-state index is -0.413. The Morgan fingerprint density at radius 1 is 0.862 bits per heavy atom. The second kappa shape index (κ2) is 7.41. The number of benzene rings is 3. The van der Waals surface area contributed by atoms with E-state index in [4.69, 9.17) is 10.00 Å². The summed E-state index contributed by atoms with van der Waals surface area (Å²) in [4.78, 5) is 37.5. The predicted molar refractivity (Wildman–Crippen MR) is 105 cm³/mol. The van der Waals surface area contributed by atoms with Crippen molar-refractivity contribution >= 4 is 23.2 Å². The Kier molecular flexibility index (Phi) is 4.63. The first-order valence-electron chi connectivity index (χ1n) is 8.82. The fourth-order valence-electron chi connectivity index (χ4n) is 3.15. The Labute approximate surface area is 166 Å². The molecule has 1 amide bonds. The lowest BCUT2D eigenvalue weighted by atomic mass is 9.84. The van der Waals surface area contributed by atoms with Crippen molar-refractivity contribution in [1.82, 2.24) is 0 Å². The van der Waals surface area contributed by atoms with Crippen LogP contribution in [0.4, 0.5) is 5.69 Å². The number of nitrogens with zero attached hydrogens (tertiary/aromatic N) is 1. The van der Waals surface area contributed by atoms with Crippen LogP contribution < -0.4 is 10.1 Å². The van der Waals surface area contributed by atoms with Crippen molar-refractivity contribution in [2.45, 2.75) is 0 Å². The van der Waals surface area contributed by atoms with Gasteiger partial charge in [-0.1, -0.05) is 24.3 Å².